The van der Waals surface area contributed by atoms with E-state index in [0.717, 1.165) is 11.1 Å². The second kappa shape index (κ2) is 6.91. The van der Waals surface area contributed by atoms with Gasteiger partial charge in [-0.25, -0.2) is 8.42 Å². The zero-order valence-electron chi connectivity index (χ0n) is 12.4. The van der Waals surface area contributed by atoms with E-state index in [1.54, 1.807) is 0 Å². The third-order valence-electron chi connectivity index (χ3n) is 3.56. The molecule has 1 amide bonds. The first-order valence-electron chi connectivity index (χ1n) is 7.05. The van der Waals surface area contributed by atoms with Crippen LogP contribution in [0.2, 0.25) is 0 Å². The molecule has 2 rings (SSSR count). The number of hydrogen-bond acceptors (Lipinski definition) is 5. The first kappa shape index (κ1) is 16.5. The van der Waals surface area contributed by atoms with Crippen molar-refractivity contribution in [2.24, 2.45) is 0 Å². The number of carbonyl (C=O) groups is 2. The summed E-state index contributed by atoms with van der Waals surface area (Å²) in [7, 11) is -3.04. The molecule has 120 valence electrons. The first-order valence-corrected chi connectivity index (χ1v) is 8.88. The molecule has 7 heteroatoms. The molecule has 0 aromatic heterocycles. The van der Waals surface area contributed by atoms with E-state index in [9.17, 15) is 18.0 Å². The normalized spacial score (nSPS) is 19.6. The Morgan fingerprint density at radius 3 is 2.68 bits per heavy atom. The van der Waals surface area contributed by atoms with Gasteiger partial charge in [-0.2, -0.15) is 0 Å². The summed E-state index contributed by atoms with van der Waals surface area (Å²) < 4.78 is 27.5. The highest BCUT2D eigenvalue weighted by molar-refractivity contribution is 7.91. The third kappa shape index (κ3) is 4.84. The highest BCUT2D eigenvalue weighted by Gasteiger charge is 2.29. The number of amides is 1. The second-order valence-electron chi connectivity index (χ2n) is 5.43. The Kier molecular flexibility index (Phi) is 5.18. The van der Waals surface area contributed by atoms with Gasteiger partial charge in [0.25, 0.3) is 5.91 Å². The lowest BCUT2D eigenvalue weighted by molar-refractivity contribution is -0.148. The predicted octanol–water partition coefficient (Wildman–Crippen LogP) is 0.384. The Labute approximate surface area is 129 Å². The van der Waals surface area contributed by atoms with Crippen LogP contribution < -0.4 is 5.32 Å². The number of benzene rings is 1. The minimum atomic E-state index is -3.04. The quantitative estimate of drug-likeness (QED) is 0.791. The molecular formula is C15H19NO5S. The van der Waals surface area contributed by atoms with E-state index >= 15 is 0 Å². The molecule has 0 saturated carbocycles. The molecule has 1 atom stereocenters. The molecule has 1 aromatic carbocycles. The van der Waals surface area contributed by atoms with Crippen LogP contribution in [0.3, 0.4) is 0 Å². The molecule has 1 aliphatic heterocycles. The standard InChI is InChI=1S/C15H19NO5S/c1-11-4-2-3-5-12(11)8-15(18)21-9-14(17)16-13-6-7-22(19,20)10-13/h2-5,13H,6-10H2,1H3,(H,16,17)/t13-/m1/s1. The van der Waals surface area contributed by atoms with Crippen molar-refractivity contribution in [2.45, 2.75) is 25.8 Å². The monoisotopic (exact) mass is 325 g/mol. The van der Waals surface area contributed by atoms with Crippen molar-refractivity contribution in [1.29, 1.82) is 0 Å². The van der Waals surface area contributed by atoms with E-state index in [-0.39, 0.29) is 30.6 Å². The molecule has 6 nitrogen and oxygen atoms in total. The average Bonchev–Trinajstić information content (AvgIpc) is 2.78. The number of rotatable bonds is 5. The van der Waals surface area contributed by atoms with Gasteiger partial charge in [-0.1, -0.05) is 24.3 Å². The minimum absolute atomic E-state index is 0.0457. The van der Waals surface area contributed by atoms with Crippen molar-refractivity contribution in [1.82, 2.24) is 5.32 Å². The van der Waals surface area contributed by atoms with Crippen LogP contribution in [0.4, 0.5) is 0 Å². The summed E-state index contributed by atoms with van der Waals surface area (Å²) in [6, 6.07) is 7.07. The first-order chi connectivity index (χ1) is 10.4. The fourth-order valence-corrected chi connectivity index (χ4v) is 4.01. The van der Waals surface area contributed by atoms with Crippen molar-refractivity contribution in [2.75, 3.05) is 18.1 Å². The van der Waals surface area contributed by atoms with Gasteiger partial charge in [-0.15, -0.1) is 0 Å². The topological polar surface area (TPSA) is 89.5 Å². The van der Waals surface area contributed by atoms with Gasteiger partial charge < -0.3 is 10.1 Å². The number of carbonyl (C=O) groups excluding carboxylic acids is 2. The number of nitrogens with one attached hydrogen (secondary N) is 1. The van der Waals surface area contributed by atoms with E-state index in [1.165, 1.54) is 0 Å². The van der Waals surface area contributed by atoms with Crippen molar-refractivity contribution in [3.63, 3.8) is 0 Å². The molecule has 0 radical (unpaired) electrons. The summed E-state index contributed by atoms with van der Waals surface area (Å²) in [6.45, 7) is 1.51. The maximum Gasteiger partial charge on any atom is 0.310 e. The van der Waals surface area contributed by atoms with Crippen LogP contribution in [0, 0.1) is 6.92 Å². The molecular weight excluding hydrogens is 306 g/mol. The molecule has 1 heterocycles. The maximum atomic E-state index is 11.7. The van der Waals surface area contributed by atoms with Gasteiger partial charge in [0.05, 0.1) is 17.9 Å². The summed E-state index contributed by atoms with van der Waals surface area (Å²) in [4.78, 5) is 23.4. The van der Waals surface area contributed by atoms with Gasteiger partial charge in [-0.3, -0.25) is 9.59 Å². The lowest BCUT2D eigenvalue weighted by Gasteiger charge is -2.11. The fourth-order valence-electron chi connectivity index (χ4n) is 2.34. The average molecular weight is 325 g/mol. The van der Waals surface area contributed by atoms with Gasteiger partial charge in [0.2, 0.25) is 0 Å². The van der Waals surface area contributed by atoms with Crippen LogP contribution in [-0.2, 0) is 30.6 Å². The van der Waals surface area contributed by atoms with Gasteiger partial charge in [0, 0.05) is 6.04 Å². The Hall–Kier alpha value is -1.89. The highest BCUT2D eigenvalue weighted by atomic mass is 32.2. The van der Waals surface area contributed by atoms with Crippen LogP contribution >= 0.6 is 0 Å². The van der Waals surface area contributed by atoms with Gasteiger partial charge in [0.15, 0.2) is 16.4 Å². The van der Waals surface area contributed by atoms with Gasteiger partial charge in [-0.05, 0) is 24.5 Å². The number of ether oxygens (including phenoxy) is 1. The van der Waals surface area contributed by atoms with E-state index in [1.807, 2.05) is 31.2 Å². The molecule has 0 unspecified atom stereocenters. The molecule has 1 N–H and O–H groups in total. The van der Waals surface area contributed by atoms with Gasteiger partial charge >= 0.3 is 5.97 Å². The molecule has 1 fully saturated rings. The zero-order chi connectivity index (χ0) is 16.2. The Morgan fingerprint density at radius 1 is 1.32 bits per heavy atom. The maximum absolute atomic E-state index is 11.7. The molecule has 1 aromatic rings. The lowest BCUT2D eigenvalue weighted by Crippen LogP contribution is -2.38. The summed E-state index contributed by atoms with van der Waals surface area (Å²) in [6.07, 6.45) is 0.517. The van der Waals surface area contributed by atoms with Crippen LogP contribution in [0.25, 0.3) is 0 Å². The Bertz CT molecular complexity index is 668. The van der Waals surface area contributed by atoms with Crippen LogP contribution in [-0.4, -0.2) is 44.4 Å². The second-order valence-corrected chi connectivity index (χ2v) is 7.66. The highest BCUT2D eigenvalue weighted by Crippen LogP contribution is 2.11. The van der Waals surface area contributed by atoms with E-state index in [2.05, 4.69) is 5.32 Å². The number of sulfone groups is 1. The third-order valence-corrected chi connectivity index (χ3v) is 5.33. The van der Waals surface area contributed by atoms with Crippen LogP contribution in [0.1, 0.15) is 17.5 Å². The smallest absolute Gasteiger partial charge is 0.310 e. The summed E-state index contributed by atoms with van der Waals surface area (Å²) in [5.41, 5.74) is 1.84. The van der Waals surface area contributed by atoms with Crippen molar-refractivity contribution >= 4 is 21.7 Å². The number of aryl methyl sites for hydroxylation is 1. The van der Waals surface area contributed by atoms with E-state index in [0.29, 0.717) is 6.42 Å². The lowest BCUT2D eigenvalue weighted by atomic mass is 10.1. The molecule has 1 saturated heterocycles. The van der Waals surface area contributed by atoms with Crippen LogP contribution in [0.15, 0.2) is 24.3 Å². The Balaban J connectivity index is 1.74. The van der Waals surface area contributed by atoms with E-state index < -0.39 is 21.7 Å². The summed E-state index contributed by atoms with van der Waals surface area (Å²) in [5.74, 6) is -0.912. The van der Waals surface area contributed by atoms with Crippen molar-refractivity contribution in [3.8, 4) is 0 Å². The SMILES string of the molecule is Cc1ccccc1CC(=O)OCC(=O)N[C@@H]1CCS(=O)(=O)C1. The fraction of sp³-hybridized carbons (Fsp3) is 0.467. The van der Waals surface area contributed by atoms with Crippen molar-refractivity contribution < 1.29 is 22.7 Å². The molecule has 0 spiro atoms. The van der Waals surface area contributed by atoms with Crippen LogP contribution in [0.5, 0.6) is 0 Å². The molecule has 0 aliphatic carbocycles. The van der Waals surface area contributed by atoms with Gasteiger partial charge in [0.1, 0.15) is 0 Å². The van der Waals surface area contributed by atoms with E-state index in [4.69, 9.17) is 4.74 Å². The minimum Gasteiger partial charge on any atom is -0.455 e. The number of esters is 1. The molecule has 1 aliphatic rings. The summed E-state index contributed by atoms with van der Waals surface area (Å²) in [5, 5.41) is 2.57. The number of hydrogen-bond donors (Lipinski definition) is 1. The Morgan fingerprint density at radius 2 is 2.05 bits per heavy atom. The molecule has 22 heavy (non-hydrogen) atoms. The predicted molar refractivity (Wildman–Crippen MR) is 81.0 cm³/mol. The molecule has 0 bridgehead atoms. The summed E-state index contributed by atoms with van der Waals surface area (Å²) >= 11 is 0. The zero-order valence-corrected chi connectivity index (χ0v) is 13.2. The van der Waals surface area contributed by atoms with Crippen molar-refractivity contribution in [3.05, 3.63) is 35.4 Å². The largest absolute Gasteiger partial charge is 0.455 e.